The number of carbonyl (C=O) groups excluding carboxylic acids is 1. The van der Waals surface area contributed by atoms with E-state index in [1.54, 1.807) is 54.8 Å². The van der Waals surface area contributed by atoms with Gasteiger partial charge in [-0.15, -0.1) is 0 Å². The van der Waals surface area contributed by atoms with Crippen molar-refractivity contribution >= 4 is 29.1 Å². The number of ether oxygens (including phenoxy) is 3. The summed E-state index contributed by atoms with van der Waals surface area (Å²) in [6.07, 6.45) is 1.75. The molecule has 0 spiro atoms. The Morgan fingerprint density at radius 2 is 1.83 bits per heavy atom. The number of methoxy groups -OCH3 is 1. The average Bonchev–Trinajstić information content (AvgIpc) is 3.30. The standard InChI is InChI=1S/C31H27N3O7S/c1-4-40-30(36)27-19(2)32-31-33(28(27)22-8-6-5-7-9-22)29(35)26(42-31)17-21-12-15-24(25(16-21)39-3)41-18-20-10-13-23(14-11-20)34(37)38/h5-17,28H,4,18H2,1-3H3/b26-17-/t28-/m0/s1. The number of nitro benzene ring substituents is 1. The van der Waals surface area contributed by atoms with Crippen LogP contribution in [0.25, 0.3) is 6.08 Å². The summed E-state index contributed by atoms with van der Waals surface area (Å²) in [5.74, 6) is 0.435. The lowest BCUT2D eigenvalue weighted by Gasteiger charge is -2.24. The maximum atomic E-state index is 13.8. The van der Waals surface area contributed by atoms with E-state index in [9.17, 15) is 19.7 Å². The van der Waals surface area contributed by atoms with Crippen LogP contribution in [0.2, 0.25) is 0 Å². The van der Waals surface area contributed by atoms with Crippen LogP contribution < -0.4 is 24.4 Å². The van der Waals surface area contributed by atoms with Crippen LogP contribution in [0.15, 0.2) is 93.9 Å². The molecular formula is C31H27N3O7S. The second-order valence-corrected chi connectivity index (χ2v) is 10.3. The third kappa shape index (κ3) is 5.72. The molecule has 42 heavy (non-hydrogen) atoms. The number of benzene rings is 3. The Kier molecular flexibility index (Phi) is 8.30. The lowest BCUT2D eigenvalue weighted by molar-refractivity contribution is -0.384. The molecule has 0 bridgehead atoms. The number of carbonyl (C=O) groups is 1. The second kappa shape index (κ2) is 12.2. The summed E-state index contributed by atoms with van der Waals surface area (Å²) in [5, 5.41) is 10.9. The van der Waals surface area contributed by atoms with E-state index in [2.05, 4.69) is 4.99 Å². The molecule has 0 aliphatic carbocycles. The van der Waals surface area contributed by atoms with Crippen molar-refractivity contribution in [1.82, 2.24) is 4.57 Å². The van der Waals surface area contributed by atoms with Crippen LogP contribution in [0.3, 0.4) is 0 Å². The van der Waals surface area contributed by atoms with Crippen LogP contribution in [0.5, 0.6) is 11.5 Å². The molecule has 2 heterocycles. The fourth-order valence-electron chi connectivity index (χ4n) is 4.66. The fraction of sp³-hybridized carbons (Fsp3) is 0.194. The molecule has 0 saturated carbocycles. The summed E-state index contributed by atoms with van der Waals surface area (Å²) in [5.41, 5.74) is 2.81. The molecule has 214 valence electrons. The molecule has 1 aromatic heterocycles. The van der Waals surface area contributed by atoms with Crippen LogP contribution in [0, 0.1) is 10.1 Å². The first-order valence-electron chi connectivity index (χ1n) is 13.1. The van der Waals surface area contributed by atoms with Crippen molar-refractivity contribution in [2.24, 2.45) is 4.99 Å². The molecule has 4 aromatic rings. The number of non-ortho nitro benzene ring substituents is 1. The van der Waals surface area contributed by atoms with Crippen molar-refractivity contribution in [2.45, 2.75) is 26.5 Å². The van der Waals surface area contributed by atoms with Crippen LogP contribution in [0.4, 0.5) is 5.69 Å². The van der Waals surface area contributed by atoms with Crippen molar-refractivity contribution in [3.05, 3.63) is 131 Å². The Morgan fingerprint density at radius 3 is 2.50 bits per heavy atom. The maximum Gasteiger partial charge on any atom is 0.338 e. The van der Waals surface area contributed by atoms with E-state index in [4.69, 9.17) is 14.2 Å². The van der Waals surface area contributed by atoms with Gasteiger partial charge >= 0.3 is 5.97 Å². The number of aromatic nitrogens is 1. The molecule has 0 unspecified atom stereocenters. The summed E-state index contributed by atoms with van der Waals surface area (Å²) in [6.45, 7) is 3.88. The van der Waals surface area contributed by atoms with Gasteiger partial charge in [-0.3, -0.25) is 19.5 Å². The second-order valence-electron chi connectivity index (χ2n) is 9.34. The molecule has 11 heteroatoms. The van der Waals surface area contributed by atoms with E-state index in [0.29, 0.717) is 37.7 Å². The predicted octanol–water partition coefficient (Wildman–Crippen LogP) is 4.29. The Labute approximate surface area is 244 Å². The van der Waals surface area contributed by atoms with Gasteiger partial charge in [-0.2, -0.15) is 0 Å². The summed E-state index contributed by atoms with van der Waals surface area (Å²) >= 11 is 1.24. The average molecular weight is 586 g/mol. The molecular weight excluding hydrogens is 558 g/mol. The van der Waals surface area contributed by atoms with E-state index in [1.165, 1.54) is 30.6 Å². The van der Waals surface area contributed by atoms with E-state index < -0.39 is 16.9 Å². The van der Waals surface area contributed by atoms with Crippen LogP contribution in [-0.4, -0.2) is 29.2 Å². The summed E-state index contributed by atoms with van der Waals surface area (Å²) in [4.78, 5) is 42.3. The molecule has 10 nitrogen and oxygen atoms in total. The number of nitro groups is 1. The molecule has 0 radical (unpaired) electrons. The SMILES string of the molecule is CCOC(=O)C1=C(C)N=c2s/c(=C\c3ccc(OCc4ccc([N+](=O)[O-])cc4)c(OC)c3)c(=O)n2[C@H]1c1ccccc1. The molecule has 0 fully saturated rings. The van der Waals surface area contributed by atoms with Gasteiger partial charge in [0.05, 0.1) is 40.5 Å². The van der Waals surface area contributed by atoms with Gasteiger partial charge in [0.1, 0.15) is 6.61 Å². The number of esters is 1. The van der Waals surface area contributed by atoms with Crippen molar-refractivity contribution in [3.8, 4) is 11.5 Å². The highest BCUT2D eigenvalue weighted by Gasteiger charge is 2.33. The lowest BCUT2D eigenvalue weighted by atomic mass is 9.96. The van der Waals surface area contributed by atoms with Crippen LogP contribution in [0.1, 0.15) is 36.6 Å². The first-order valence-corrected chi connectivity index (χ1v) is 13.9. The van der Waals surface area contributed by atoms with Gasteiger partial charge in [0.25, 0.3) is 11.2 Å². The lowest BCUT2D eigenvalue weighted by Crippen LogP contribution is -2.39. The Hall–Kier alpha value is -5.03. The number of fused-ring (bicyclic) bond motifs is 1. The third-order valence-corrected chi connectivity index (χ3v) is 7.64. The highest BCUT2D eigenvalue weighted by atomic mass is 32.1. The first-order chi connectivity index (χ1) is 20.3. The molecule has 3 aromatic carbocycles. The van der Waals surface area contributed by atoms with Gasteiger partial charge in [-0.1, -0.05) is 47.7 Å². The fourth-order valence-corrected chi connectivity index (χ4v) is 5.71. The molecule has 1 aliphatic heterocycles. The molecule has 1 atom stereocenters. The van der Waals surface area contributed by atoms with Crippen LogP contribution in [-0.2, 0) is 16.1 Å². The van der Waals surface area contributed by atoms with Gasteiger partial charge in [0.15, 0.2) is 16.3 Å². The Bertz CT molecular complexity index is 1860. The molecule has 1 aliphatic rings. The molecule has 0 N–H and O–H groups in total. The number of rotatable bonds is 9. The van der Waals surface area contributed by atoms with Crippen molar-refractivity contribution in [3.63, 3.8) is 0 Å². The summed E-state index contributed by atoms with van der Waals surface area (Å²) in [6, 6.07) is 20.1. The topological polar surface area (TPSA) is 122 Å². The van der Waals surface area contributed by atoms with E-state index in [0.717, 1.165) is 11.1 Å². The van der Waals surface area contributed by atoms with Crippen LogP contribution >= 0.6 is 11.3 Å². The van der Waals surface area contributed by atoms with Crippen molar-refractivity contribution < 1.29 is 23.9 Å². The molecule has 0 amide bonds. The minimum absolute atomic E-state index is 0.00771. The number of allylic oxidation sites excluding steroid dienone is 1. The van der Waals surface area contributed by atoms with Gasteiger partial charge in [0.2, 0.25) is 0 Å². The normalized spacial score (nSPS) is 14.6. The third-order valence-electron chi connectivity index (χ3n) is 6.66. The molecule has 5 rings (SSSR count). The van der Waals surface area contributed by atoms with Crippen molar-refractivity contribution in [1.29, 1.82) is 0 Å². The maximum absolute atomic E-state index is 13.8. The highest BCUT2D eigenvalue weighted by molar-refractivity contribution is 7.07. The zero-order chi connectivity index (χ0) is 29.8. The van der Waals surface area contributed by atoms with Gasteiger partial charge in [-0.05, 0) is 60.9 Å². The first kappa shape index (κ1) is 28.5. The van der Waals surface area contributed by atoms with E-state index in [1.807, 2.05) is 30.3 Å². The minimum Gasteiger partial charge on any atom is -0.493 e. The van der Waals surface area contributed by atoms with Gasteiger partial charge in [0, 0.05) is 12.1 Å². The minimum atomic E-state index is -0.673. The van der Waals surface area contributed by atoms with Gasteiger partial charge < -0.3 is 14.2 Å². The number of thiazole rings is 1. The number of hydrogen-bond donors (Lipinski definition) is 0. The monoisotopic (exact) mass is 585 g/mol. The van der Waals surface area contributed by atoms with Crippen molar-refractivity contribution in [2.75, 3.05) is 13.7 Å². The van der Waals surface area contributed by atoms with E-state index >= 15 is 0 Å². The largest absolute Gasteiger partial charge is 0.493 e. The Balaban J connectivity index is 1.49. The van der Waals surface area contributed by atoms with E-state index in [-0.39, 0.29) is 24.5 Å². The number of hydrogen-bond acceptors (Lipinski definition) is 9. The quantitative estimate of drug-likeness (QED) is 0.163. The summed E-state index contributed by atoms with van der Waals surface area (Å²) < 4.78 is 18.8. The predicted molar refractivity (Wildman–Crippen MR) is 157 cm³/mol. The van der Waals surface area contributed by atoms with Gasteiger partial charge in [-0.25, -0.2) is 9.79 Å². The summed E-state index contributed by atoms with van der Waals surface area (Å²) in [7, 11) is 1.52. The number of nitrogens with zero attached hydrogens (tertiary/aromatic N) is 3. The zero-order valence-electron chi connectivity index (χ0n) is 23.1. The zero-order valence-corrected chi connectivity index (χ0v) is 23.9. The molecule has 0 saturated heterocycles. The smallest absolute Gasteiger partial charge is 0.338 e. The highest BCUT2D eigenvalue weighted by Crippen LogP contribution is 2.31. The Morgan fingerprint density at radius 1 is 1.10 bits per heavy atom.